The number of rotatable bonds is 16. The first kappa shape index (κ1) is 42.9. The smallest absolute Gasteiger partial charge is 0.256 e. The number of hydrogen-bond acceptors (Lipinski definition) is 6. The molecule has 0 saturated heterocycles. The van der Waals surface area contributed by atoms with Crippen molar-refractivity contribution < 1.29 is 28.2 Å². The van der Waals surface area contributed by atoms with Gasteiger partial charge in [-0.1, -0.05) is 86.4 Å². The summed E-state index contributed by atoms with van der Waals surface area (Å²) < 4.78 is 33.2. The van der Waals surface area contributed by atoms with Gasteiger partial charge < -0.3 is 29.7 Å². The van der Waals surface area contributed by atoms with Crippen molar-refractivity contribution in [3.05, 3.63) is 123 Å². The summed E-state index contributed by atoms with van der Waals surface area (Å²) in [6.07, 6.45) is 0.456. The van der Waals surface area contributed by atoms with Gasteiger partial charge in [0, 0.05) is 45.5 Å². The van der Waals surface area contributed by atoms with Gasteiger partial charge >= 0.3 is 0 Å². The number of halogens is 4. The highest BCUT2D eigenvalue weighted by Gasteiger charge is 2.40. The predicted octanol–water partition coefficient (Wildman–Crippen LogP) is 9.13. The molecule has 0 aromatic heterocycles. The standard InChI is InChI=1S/C42H48Cl2FN3O5.ClH/c1-42(2,3)27-48-35-20-19-31(44)24-33(35)39(53-37(41(48)50)25-38(49)47-26-29-11-5-6-13-34(29)45)32-12-7-14-36(40(32)51-4)52-23-9-22-46-21-8-10-28-15-17-30(43)18-16-28;/h5-7,11-20,24,37,39,46H,8-10,21-23,25-27H2,1-4H3,(H,47,49);1H. The summed E-state index contributed by atoms with van der Waals surface area (Å²) in [6, 6.07) is 25.1. The summed E-state index contributed by atoms with van der Waals surface area (Å²) in [6.45, 7) is 8.56. The number of carbonyl (C=O) groups excluding carboxylic acids is 2. The molecule has 12 heteroatoms. The molecule has 1 heterocycles. The van der Waals surface area contributed by atoms with Crippen LogP contribution >= 0.6 is 35.6 Å². The molecule has 4 aromatic carbocycles. The maximum absolute atomic E-state index is 14.3. The van der Waals surface area contributed by atoms with E-state index in [2.05, 4.69) is 22.8 Å². The van der Waals surface area contributed by atoms with Crippen LogP contribution in [-0.2, 0) is 27.3 Å². The Hall–Kier alpha value is -3.86. The zero-order valence-corrected chi connectivity index (χ0v) is 33.5. The summed E-state index contributed by atoms with van der Waals surface area (Å²) >= 11 is 12.6. The van der Waals surface area contributed by atoms with Gasteiger partial charge in [0.15, 0.2) is 11.5 Å². The highest BCUT2D eigenvalue weighted by Crippen LogP contribution is 2.45. The molecule has 2 amide bonds. The zero-order valence-electron chi connectivity index (χ0n) is 31.1. The van der Waals surface area contributed by atoms with Gasteiger partial charge in [0.05, 0.1) is 20.1 Å². The molecule has 1 aliphatic rings. The number of anilines is 1. The maximum atomic E-state index is 14.3. The van der Waals surface area contributed by atoms with Crippen molar-refractivity contribution in [1.82, 2.24) is 10.6 Å². The summed E-state index contributed by atoms with van der Waals surface area (Å²) in [7, 11) is 1.56. The monoisotopic (exact) mass is 799 g/mol. The van der Waals surface area contributed by atoms with E-state index in [0.29, 0.717) is 52.1 Å². The minimum atomic E-state index is -1.17. The third-order valence-corrected chi connectivity index (χ3v) is 9.31. The molecule has 0 bridgehead atoms. The first-order chi connectivity index (χ1) is 25.4. The number of amides is 2. The Labute approximate surface area is 334 Å². The fourth-order valence-corrected chi connectivity index (χ4v) is 6.61. The molecule has 8 nitrogen and oxygen atoms in total. The fourth-order valence-electron chi connectivity index (χ4n) is 6.30. The molecule has 1 aliphatic heterocycles. The van der Waals surface area contributed by atoms with Crippen LogP contribution in [0.15, 0.2) is 84.9 Å². The van der Waals surface area contributed by atoms with Crippen molar-refractivity contribution in [3.63, 3.8) is 0 Å². The predicted molar refractivity (Wildman–Crippen MR) is 216 cm³/mol. The Bertz CT molecular complexity index is 1850. The lowest BCUT2D eigenvalue weighted by molar-refractivity contribution is -0.138. The molecule has 290 valence electrons. The third kappa shape index (κ3) is 11.8. The van der Waals surface area contributed by atoms with Crippen LogP contribution < -0.4 is 25.0 Å². The Kier molecular flexibility index (Phi) is 16.0. The summed E-state index contributed by atoms with van der Waals surface area (Å²) in [5, 5.41) is 7.44. The van der Waals surface area contributed by atoms with Gasteiger partial charge in [-0.25, -0.2) is 4.39 Å². The molecule has 2 unspecified atom stereocenters. The van der Waals surface area contributed by atoms with E-state index in [1.807, 2.05) is 57.2 Å². The molecule has 0 radical (unpaired) electrons. The maximum Gasteiger partial charge on any atom is 0.256 e. The normalized spacial score (nSPS) is 15.5. The molecular weight excluding hydrogens is 752 g/mol. The number of aryl methyl sites for hydroxylation is 1. The van der Waals surface area contributed by atoms with Crippen molar-refractivity contribution >= 4 is 53.1 Å². The fraction of sp³-hybridized carbons (Fsp3) is 0.381. The van der Waals surface area contributed by atoms with E-state index in [-0.39, 0.29) is 36.7 Å². The molecule has 2 atom stereocenters. The summed E-state index contributed by atoms with van der Waals surface area (Å²) in [4.78, 5) is 29.4. The Morgan fingerprint density at radius 2 is 1.65 bits per heavy atom. The molecule has 5 rings (SSSR count). The first-order valence-electron chi connectivity index (χ1n) is 17.9. The van der Waals surface area contributed by atoms with Gasteiger partial charge in [-0.15, -0.1) is 12.4 Å². The van der Waals surface area contributed by atoms with Crippen LogP contribution in [0.25, 0.3) is 0 Å². The quantitative estimate of drug-likeness (QED) is 0.110. The summed E-state index contributed by atoms with van der Waals surface area (Å²) in [5.74, 6) is -0.249. The Balaban J connectivity index is 0.00000650. The molecule has 0 saturated carbocycles. The van der Waals surface area contributed by atoms with Crippen LogP contribution in [0.4, 0.5) is 10.1 Å². The van der Waals surface area contributed by atoms with Crippen LogP contribution in [0.2, 0.25) is 10.0 Å². The van der Waals surface area contributed by atoms with E-state index in [4.69, 9.17) is 37.4 Å². The van der Waals surface area contributed by atoms with Crippen LogP contribution in [0.1, 0.15) is 68.4 Å². The molecule has 4 aromatic rings. The average molecular weight is 801 g/mol. The molecule has 54 heavy (non-hydrogen) atoms. The molecule has 0 aliphatic carbocycles. The van der Waals surface area contributed by atoms with E-state index in [1.165, 1.54) is 11.6 Å². The topological polar surface area (TPSA) is 89.1 Å². The van der Waals surface area contributed by atoms with Crippen molar-refractivity contribution in [3.8, 4) is 11.5 Å². The van der Waals surface area contributed by atoms with Gasteiger partial charge in [-0.3, -0.25) is 9.59 Å². The van der Waals surface area contributed by atoms with E-state index < -0.39 is 23.9 Å². The minimum Gasteiger partial charge on any atom is -0.492 e. The van der Waals surface area contributed by atoms with Crippen molar-refractivity contribution in [1.29, 1.82) is 0 Å². The van der Waals surface area contributed by atoms with E-state index >= 15 is 0 Å². The van der Waals surface area contributed by atoms with Crippen LogP contribution in [-0.4, -0.2) is 51.3 Å². The van der Waals surface area contributed by atoms with Crippen LogP contribution in [0.3, 0.4) is 0 Å². The van der Waals surface area contributed by atoms with Gasteiger partial charge in [-0.05, 0) is 85.8 Å². The second-order valence-electron chi connectivity index (χ2n) is 14.3. The second-order valence-corrected chi connectivity index (χ2v) is 15.2. The molecule has 0 fully saturated rings. The number of methoxy groups -OCH3 is 1. The second kappa shape index (κ2) is 20.2. The van der Waals surface area contributed by atoms with E-state index in [9.17, 15) is 14.0 Å². The van der Waals surface area contributed by atoms with Crippen LogP contribution in [0.5, 0.6) is 11.5 Å². The summed E-state index contributed by atoms with van der Waals surface area (Å²) in [5.41, 5.74) is 3.22. The largest absolute Gasteiger partial charge is 0.492 e. The lowest BCUT2D eigenvalue weighted by Gasteiger charge is -2.31. The number of hydrogen-bond donors (Lipinski definition) is 2. The Morgan fingerprint density at radius 3 is 2.37 bits per heavy atom. The number of para-hydroxylation sites is 1. The number of fused-ring (bicyclic) bond motifs is 1. The molecular formula is C42H49Cl3FN3O5. The van der Waals surface area contributed by atoms with Gasteiger partial charge in [0.1, 0.15) is 18.0 Å². The highest BCUT2D eigenvalue weighted by atomic mass is 35.5. The number of nitrogens with one attached hydrogen (secondary N) is 2. The Morgan fingerprint density at radius 1 is 0.926 bits per heavy atom. The number of ether oxygens (including phenoxy) is 3. The molecule has 0 spiro atoms. The van der Waals surface area contributed by atoms with Crippen molar-refractivity contribution in [2.24, 2.45) is 5.41 Å². The number of benzene rings is 4. The van der Waals surface area contributed by atoms with Crippen molar-refractivity contribution in [2.75, 3.05) is 38.3 Å². The number of carbonyl (C=O) groups is 2. The lowest BCUT2D eigenvalue weighted by Crippen LogP contribution is -2.45. The number of nitrogens with zero attached hydrogens (tertiary/aromatic N) is 1. The highest BCUT2D eigenvalue weighted by molar-refractivity contribution is 6.31. The average Bonchev–Trinajstić information content (AvgIpc) is 3.22. The molecule has 2 N–H and O–H groups in total. The van der Waals surface area contributed by atoms with Gasteiger partial charge in [0.2, 0.25) is 5.91 Å². The third-order valence-electron chi connectivity index (χ3n) is 8.83. The lowest BCUT2D eigenvalue weighted by atomic mass is 9.94. The van der Waals surface area contributed by atoms with Gasteiger partial charge in [0.25, 0.3) is 5.91 Å². The first-order valence-corrected chi connectivity index (χ1v) is 18.7. The zero-order chi connectivity index (χ0) is 38.0. The van der Waals surface area contributed by atoms with Gasteiger partial charge in [-0.2, -0.15) is 0 Å². The van der Waals surface area contributed by atoms with Crippen LogP contribution in [0, 0.1) is 11.2 Å². The minimum absolute atomic E-state index is 0. The van der Waals surface area contributed by atoms with E-state index in [1.54, 1.807) is 42.3 Å². The van der Waals surface area contributed by atoms with E-state index in [0.717, 1.165) is 37.4 Å². The van der Waals surface area contributed by atoms with Crippen molar-refractivity contribution in [2.45, 2.75) is 65.2 Å². The SMILES string of the molecule is COc1c(OCCCNCCCc2ccc(Cl)cc2)cccc1C1OC(CC(=O)NCc2ccccc2F)C(=O)N(CC(C)(C)C)c2ccc(Cl)cc21.Cl.